The van der Waals surface area contributed by atoms with Crippen LogP contribution in [0.4, 0.5) is 0 Å². The van der Waals surface area contributed by atoms with Crippen LogP contribution < -0.4 is 0 Å². The van der Waals surface area contributed by atoms with Gasteiger partial charge in [0.05, 0.1) is 0 Å². The van der Waals surface area contributed by atoms with Crippen molar-refractivity contribution in [2.75, 3.05) is 0 Å². The Labute approximate surface area is 88.5 Å². The molecule has 1 nitrogen and oxygen atoms in total. The second kappa shape index (κ2) is 10.1. The zero-order chi connectivity index (χ0) is 10.6. The number of rotatable bonds is 5. The van der Waals surface area contributed by atoms with Gasteiger partial charge in [0, 0.05) is 19.4 Å². The van der Waals surface area contributed by atoms with Gasteiger partial charge in [-0.1, -0.05) is 32.3 Å². The number of nitrogens with zero attached hydrogens (tertiary/aromatic N) is 1. The van der Waals surface area contributed by atoms with Gasteiger partial charge in [-0.2, -0.15) is 0 Å². The van der Waals surface area contributed by atoms with Gasteiger partial charge in [-0.15, -0.1) is 6.58 Å². The lowest BCUT2D eigenvalue weighted by Crippen LogP contribution is -1.75. The first kappa shape index (κ1) is 13.0. The molecule has 0 amide bonds. The minimum atomic E-state index is 1.19. The van der Waals surface area contributed by atoms with Gasteiger partial charge in [0.2, 0.25) is 0 Å². The molecule has 0 saturated carbocycles. The van der Waals surface area contributed by atoms with E-state index in [1.165, 1.54) is 32.1 Å². The third-order valence-corrected chi connectivity index (χ3v) is 2.02. The Balaban J connectivity index is 0.000000249. The van der Waals surface area contributed by atoms with Gasteiger partial charge >= 0.3 is 0 Å². The predicted molar refractivity (Wildman–Crippen MR) is 64.4 cm³/mol. The van der Waals surface area contributed by atoms with Crippen molar-refractivity contribution in [1.82, 2.24) is 4.57 Å². The molecule has 0 aromatic carbocycles. The van der Waals surface area contributed by atoms with Gasteiger partial charge in [-0.05, 0) is 25.0 Å². The van der Waals surface area contributed by atoms with Crippen molar-refractivity contribution >= 4 is 0 Å². The molecule has 0 bridgehead atoms. The Hall–Kier alpha value is -0.980. The molecule has 0 aliphatic carbocycles. The number of aromatic nitrogens is 1. The first-order valence-electron chi connectivity index (χ1n) is 5.49. The van der Waals surface area contributed by atoms with E-state index in [0.717, 1.165) is 0 Å². The quantitative estimate of drug-likeness (QED) is 0.488. The summed E-state index contributed by atoms with van der Waals surface area (Å²) in [4.78, 5) is 0. The van der Waals surface area contributed by atoms with E-state index in [1.54, 1.807) is 0 Å². The molecule has 0 saturated heterocycles. The summed E-state index contributed by atoms with van der Waals surface area (Å²) < 4.78 is 2.00. The Morgan fingerprint density at radius 2 is 1.79 bits per heavy atom. The molecular weight excluding hydrogens is 170 g/mol. The summed E-state index contributed by atoms with van der Waals surface area (Å²) in [6.07, 6.45) is 12.6. The topological polar surface area (TPSA) is 4.93 Å². The highest BCUT2D eigenvalue weighted by molar-refractivity contribution is 4.88. The molecule has 1 heterocycles. The lowest BCUT2D eigenvalue weighted by molar-refractivity contribution is 0.675. The summed E-state index contributed by atoms with van der Waals surface area (Å²) in [5.74, 6) is 0. The van der Waals surface area contributed by atoms with Crippen molar-refractivity contribution in [2.24, 2.45) is 7.05 Å². The van der Waals surface area contributed by atoms with Crippen LogP contribution in [-0.4, -0.2) is 4.57 Å². The highest BCUT2D eigenvalue weighted by Crippen LogP contribution is 2.01. The maximum absolute atomic E-state index is 3.66. The van der Waals surface area contributed by atoms with E-state index < -0.39 is 0 Å². The third-order valence-electron chi connectivity index (χ3n) is 2.02. The van der Waals surface area contributed by atoms with Crippen LogP contribution in [-0.2, 0) is 7.05 Å². The van der Waals surface area contributed by atoms with Crippen LogP contribution in [0.15, 0.2) is 37.2 Å². The van der Waals surface area contributed by atoms with E-state index >= 15 is 0 Å². The van der Waals surface area contributed by atoms with E-state index in [2.05, 4.69) is 13.5 Å². The van der Waals surface area contributed by atoms with Crippen LogP contribution in [0, 0.1) is 0 Å². The van der Waals surface area contributed by atoms with Gasteiger partial charge in [0.25, 0.3) is 0 Å². The number of aryl methyl sites for hydroxylation is 1. The van der Waals surface area contributed by atoms with E-state index in [1.807, 2.05) is 42.2 Å². The summed E-state index contributed by atoms with van der Waals surface area (Å²) in [6, 6.07) is 4.00. The van der Waals surface area contributed by atoms with Crippen molar-refractivity contribution in [1.29, 1.82) is 0 Å². The average Bonchev–Trinajstić information content (AvgIpc) is 2.65. The molecule has 80 valence electrons. The molecule has 0 aliphatic heterocycles. The molecule has 0 aliphatic rings. The van der Waals surface area contributed by atoms with E-state index in [9.17, 15) is 0 Å². The van der Waals surface area contributed by atoms with Gasteiger partial charge < -0.3 is 4.57 Å². The van der Waals surface area contributed by atoms with Gasteiger partial charge in [-0.25, -0.2) is 0 Å². The molecule has 1 heteroatoms. The third kappa shape index (κ3) is 9.11. The normalized spacial score (nSPS) is 9.00. The molecule has 0 unspecified atom stereocenters. The number of allylic oxidation sites excluding steroid dienone is 1. The van der Waals surface area contributed by atoms with Crippen LogP contribution >= 0.6 is 0 Å². The molecule has 1 aromatic heterocycles. The standard InChI is InChI=1S/C8H16.C5H7N/c1-3-5-7-8-6-4-2;1-6-4-2-3-5-6/h3H,1,4-8H2,2H3;2-5H,1H3. The van der Waals surface area contributed by atoms with E-state index in [-0.39, 0.29) is 0 Å². The number of hydrogen-bond donors (Lipinski definition) is 0. The van der Waals surface area contributed by atoms with Crippen LogP contribution in [0.1, 0.15) is 39.0 Å². The van der Waals surface area contributed by atoms with Crippen LogP contribution in [0.25, 0.3) is 0 Å². The van der Waals surface area contributed by atoms with Crippen molar-refractivity contribution in [3.63, 3.8) is 0 Å². The van der Waals surface area contributed by atoms with Crippen molar-refractivity contribution in [3.8, 4) is 0 Å². The molecule has 0 N–H and O–H groups in total. The molecule has 14 heavy (non-hydrogen) atoms. The van der Waals surface area contributed by atoms with Crippen molar-refractivity contribution < 1.29 is 0 Å². The number of hydrogen-bond acceptors (Lipinski definition) is 0. The number of unbranched alkanes of at least 4 members (excludes halogenated alkanes) is 4. The fourth-order valence-corrected chi connectivity index (χ4v) is 1.14. The minimum absolute atomic E-state index is 1.19. The SMILES string of the molecule is C=CCCCCCC.Cn1cccc1. The largest absolute Gasteiger partial charge is 0.357 e. The minimum Gasteiger partial charge on any atom is -0.357 e. The van der Waals surface area contributed by atoms with Gasteiger partial charge in [-0.3, -0.25) is 0 Å². The molecular formula is C13H23N. The van der Waals surface area contributed by atoms with Crippen LogP contribution in [0.2, 0.25) is 0 Å². The maximum Gasteiger partial charge on any atom is 0.0106 e. The summed E-state index contributed by atoms with van der Waals surface area (Å²) in [7, 11) is 2.00. The highest BCUT2D eigenvalue weighted by Gasteiger charge is 1.81. The molecule has 0 radical (unpaired) electrons. The average molecular weight is 193 g/mol. The molecule has 1 aromatic rings. The first-order chi connectivity index (χ1) is 6.81. The van der Waals surface area contributed by atoms with E-state index in [0.29, 0.717) is 0 Å². The molecule has 0 fully saturated rings. The van der Waals surface area contributed by atoms with Crippen molar-refractivity contribution in [2.45, 2.75) is 39.0 Å². The lowest BCUT2D eigenvalue weighted by atomic mass is 10.2. The second-order valence-corrected chi connectivity index (χ2v) is 3.49. The Kier molecular flexibility index (Phi) is 9.40. The fourth-order valence-electron chi connectivity index (χ4n) is 1.14. The summed E-state index contributed by atoms with van der Waals surface area (Å²) in [5.41, 5.74) is 0. The molecule has 1 rings (SSSR count). The van der Waals surface area contributed by atoms with Crippen LogP contribution in [0.5, 0.6) is 0 Å². The first-order valence-corrected chi connectivity index (χ1v) is 5.49. The monoisotopic (exact) mass is 193 g/mol. The summed E-state index contributed by atoms with van der Waals surface area (Å²) in [6.45, 7) is 5.89. The van der Waals surface area contributed by atoms with Gasteiger partial charge in [0.15, 0.2) is 0 Å². The molecule has 0 atom stereocenters. The zero-order valence-electron chi connectivity index (χ0n) is 9.58. The highest BCUT2D eigenvalue weighted by atomic mass is 14.9. The Morgan fingerprint density at radius 1 is 1.14 bits per heavy atom. The van der Waals surface area contributed by atoms with Gasteiger partial charge in [0.1, 0.15) is 0 Å². The zero-order valence-corrected chi connectivity index (χ0v) is 9.58. The summed E-state index contributed by atoms with van der Waals surface area (Å²) in [5, 5.41) is 0. The second-order valence-electron chi connectivity index (χ2n) is 3.49. The Morgan fingerprint density at radius 3 is 2.14 bits per heavy atom. The predicted octanol–water partition coefficient (Wildman–Crippen LogP) is 4.17. The lowest BCUT2D eigenvalue weighted by Gasteiger charge is -1.91. The smallest absolute Gasteiger partial charge is 0.0106 e. The fraction of sp³-hybridized carbons (Fsp3) is 0.538. The summed E-state index contributed by atoms with van der Waals surface area (Å²) >= 11 is 0. The van der Waals surface area contributed by atoms with E-state index in [4.69, 9.17) is 0 Å². The Bertz CT molecular complexity index is 199. The maximum atomic E-state index is 3.66. The molecule has 0 spiro atoms. The van der Waals surface area contributed by atoms with Crippen LogP contribution in [0.3, 0.4) is 0 Å². The van der Waals surface area contributed by atoms with Crippen molar-refractivity contribution in [3.05, 3.63) is 37.2 Å².